The first kappa shape index (κ1) is 30.2. The Morgan fingerprint density at radius 1 is 0.442 bits per heavy atom. The van der Waals surface area contributed by atoms with Gasteiger partial charge in [0.25, 0.3) is 0 Å². The minimum absolute atomic E-state index is 0.0897. The van der Waals surface area contributed by atoms with Crippen molar-refractivity contribution >= 4 is 44.2 Å². The smallest absolute Gasteiger partial charge is 0.135 e. The molecule has 2 atom stereocenters. The van der Waals surface area contributed by atoms with Crippen LogP contribution >= 0.6 is 0 Å². The van der Waals surface area contributed by atoms with Gasteiger partial charge in [-0.05, 0) is 92.5 Å². The zero-order chi connectivity index (χ0) is 34.4. The summed E-state index contributed by atoms with van der Waals surface area (Å²) in [5, 5.41) is 4.90. The topological polar surface area (TPSA) is 12.5 Å². The second-order valence-electron chi connectivity index (χ2n) is 13.7. The van der Waals surface area contributed by atoms with Gasteiger partial charge in [-0.3, -0.25) is 0 Å². The molecule has 1 aliphatic heterocycles. The highest BCUT2D eigenvalue weighted by Crippen LogP contribution is 2.51. The molecule has 1 aliphatic carbocycles. The maximum absolute atomic E-state index is 6.94. The van der Waals surface area contributed by atoms with Crippen molar-refractivity contribution in [2.75, 3.05) is 4.90 Å². The zero-order valence-corrected chi connectivity index (χ0v) is 28.6. The number of allylic oxidation sites excluding steroid dienone is 2. The van der Waals surface area contributed by atoms with Gasteiger partial charge in [0.05, 0.1) is 0 Å². The summed E-state index contributed by atoms with van der Waals surface area (Å²) in [6, 6.07) is 65.4. The number of hydrogen-bond donors (Lipinski definition) is 0. The maximum atomic E-state index is 6.94. The van der Waals surface area contributed by atoms with E-state index in [1.54, 1.807) is 0 Å². The van der Waals surface area contributed by atoms with Crippen LogP contribution in [0.5, 0.6) is 5.75 Å². The Kier molecular flexibility index (Phi) is 7.32. The van der Waals surface area contributed by atoms with Gasteiger partial charge in [0.15, 0.2) is 0 Å². The van der Waals surface area contributed by atoms with Gasteiger partial charge in [0.2, 0.25) is 0 Å². The number of anilines is 3. The van der Waals surface area contributed by atoms with Crippen LogP contribution in [-0.2, 0) is 0 Å². The fourth-order valence-corrected chi connectivity index (χ4v) is 8.06. The highest BCUT2D eigenvalue weighted by atomic mass is 16.5. The van der Waals surface area contributed by atoms with E-state index in [9.17, 15) is 0 Å². The molecule has 1 heterocycles. The Labute approximate surface area is 304 Å². The van der Waals surface area contributed by atoms with Gasteiger partial charge in [-0.1, -0.05) is 152 Å². The molecule has 0 spiro atoms. The average Bonchev–Trinajstić information content (AvgIpc) is 3.61. The fraction of sp³-hybridized carbons (Fsp3) is 0.0400. The molecule has 8 aromatic rings. The van der Waals surface area contributed by atoms with Crippen LogP contribution in [0.25, 0.3) is 49.4 Å². The molecule has 2 unspecified atom stereocenters. The molecule has 0 saturated heterocycles. The zero-order valence-electron chi connectivity index (χ0n) is 28.6. The molecule has 0 aromatic heterocycles. The molecule has 10 rings (SSSR count). The highest BCUT2D eigenvalue weighted by molar-refractivity contribution is 6.02. The third-order valence-electron chi connectivity index (χ3n) is 10.6. The lowest BCUT2D eigenvalue weighted by Crippen LogP contribution is -2.21. The van der Waals surface area contributed by atoms with Gasteiger partial charge >= 0.3 is 0 Å². The normalized spacial score (nSPS) is 15.9. The number of para-hydroxylation sites is 1. The van der Waals surface area contributed by atoms with Gasteiger partial charge < -0.3 is 9.64 Å². The minimum Gasteiger partial charge on any atom is -0.484 e. The van der Waals surface area contributed by atoms with Crippen molar-refractivity contribution in [3.63, 3.8) is 0 Å². The van der Waals surface area contributed by atoms with E-state index in [-0.39, 0.29) is 12.0 Å². The molecule has 2 aliphatic rings. The van der Waals surface area contributed by atoms with Crippen molar-refractivity contribution in [2.45, 2.75) is 12.0 Å². The first-order valence-corrected chi connectivity index (χ1v) is 18.0. The first-order valence-electron chi connectivity index (χ1n) is 18.0. The quantitative estimate of drug-likeness (QED) is 0.175. The lowest BCUT2D eigenvalue weighted by Gasteiger charge is -2.27. The molecule has 8 aromatic carbocycles. The SMILES string of the molecule is C1=CC2c3cc(-c4ccccc4)c4ccccc4c3OC2C(c2ccc(N(c3ccccc3)c3ccc(-c4ccc5ccccc5c4)cc3)cc2)=C1. The molecule has 2 heteroatoms. The largest absolute Gasteiger partial charge is 0.484 e. The predicted octanol–water partition coefficient (Wildman–Crippen LogP) is 13.3. The van der Waals surface area contributed by atoms with E-state index in [0.29, 0.717) is 0 Å². The van der Waals surface area contributed by atoms with Crippen LogP contribution in [0.15, 0.2) is 200 Å². The second-order valence-corrected chi connectivity index (χ2v) is 13.7. The predicted molar refractivity (Wildman–Crippen MR) is 218 cm³/mol. The maximum Gasteiger partial charge on any atom is 0.135 e. The van der Waals surface area contributed by atoms with Crippen LogP contribution in [0.1, 0.15) is 17.0 Å². The Hall–Kier alpha value is -6.64. The van der Waals surface area contributed by atoms with E-state index < -0.39 is 0 Å². The Morgan fingerprint density at radius 2 is 1.04 bits per heavy atom. The van der Waals surface area contributed by atoms with Crippen LogP contribution < -0.4 is 9.64 Å². The van der Waals surface area contributed by atoms with Crippen LogP contribution in [0.4, 0.5) is 17.1 Å². The summed E-state index contributed by atoms with van der Waals surface area (Å²) >= 11 is 0. The van der Waals surface area contributed by atoms with E-state index in [1.165, 1.54) is 60.5 Å². The van der Waals surface area contributed by atoms with Crippen LogP contribution in [0.2, 0.25) is 0 Å². The minimum atomic E-state index is -0.0897. The van der Waals surface area contributed by atoms with Gasteiger partial charge in [0.1, 0.15) is 11.9 Å². The lowest BCUT2D eigenvalue weighted by atomic mass is 9.82. The third-order valence-corrected chi connectivity index (χ3v) is 10.6. The van der Waals surface area contributed by atoms with Crippen LogP contribution in [-0.4, -0.2) is 6.10 Å². The van der Waals surface area contributed by atoms with Crippen molar-refractivity contribution in [1.29, 1.82) is 0 Å². The number of benzene rings is 8. The summed E-state index contributed by atoms with van der Waals surface area (Å²) in [6.45, 7) is 0. The number of nitrogens with zero attached hydrogens (tertiary/aromatic N) is 1. The van der Waals surface area contributed by atoms with E-state index in [1.807, 2.05) is 0 Å². The summed E-state index contributed by atoms with van der Waals surface area (Å²) in [5.74, 6) is 1.14. The summed E-state index contributed by atoms with van der Waals surface area (Å²) in [4.78, 5) is 2.32. The van der Waals surface area contributed by atoms with Crippen molar-refractivity contribution < 1.29 is 4.74 Å². The monoisotopic (exact) mass is 665 g/mol. The van der Waals surface area contributed by atoms with Gasteiger partial charge in [0, 0.05) is 39.5 Å². The molecule has 246 valence electrons. The van der Waals surface area contributed by atoms with Crippen LogP contribution in [0, 0.1) is 0 Å². The van der Waals surface area contributed by atoms with Gasteiger partial charge in [-0.15, -0.1) is 0 Å². The van der Waals surface area contributed by atoms with Crippen molar-refractivity contribution in [2.24, 2.45) is 0 Å². The molecule has 0 radical (unpaired) electrons. The molecule has 0 saturated carbocycles. The molecule has 0 N–H and O–H groups in total. The number of ether oxygens (including phenoxy) is 1. The Morgan fingerprint density at radius 3 is 1.79 bits per heavy atom. The molecule has 0 fully saturated rings. The molecule has 0 amide bonds. The highest BCUT2D eigenvalue weighted by Gasteiger charge is 2.38. The van der Waals surface area contributed by atoms with E-state index >= 15 is 0 Å². The number of hydrogen-bond acceptors (Lipinski definition) is 2. The van der Waals surface area contributed by atoms with Crippen molar-refractivity contribution in [3.05, 3.63) is 211 Å². The average molecular weight is 666 g/mol. The van der Waals surface area contributed by atoms with E-state index in [2.05, 4.69) is 205 Å². The van der Waals surface area contributed by atoms with Gasteiger partial charge in [-0.2, -0.15) is 0 Å². The van der Waals surface area contributed by atoms with Crippen LogP contribution in [0.3, 0.4) is 0 Å². The first-order chi connectivity index (χ1) is 25.8. The lowest BCUT2D eigenvalue weighted by molar-refractivity contribution is 0.281. The molecule has 52 heavy (non-hydrogen) atoms. The molecular weight excluding hydrogens is 631 g/mol. The summed E-state index contributed by atoms with van der Waals surface area (Å²) in [5.41, 5.74) is 11.8. The van der Waals surface area contributed by atoms with E-state index in [4.69, 9.17) is 4.74 Å². The second kappa shape index (κ2) is 12.6. The Bertz CT molecular complexity index is 2640. The number of rotatable bonds is 6. The third kappa shape index (κ3) is 5.20. The molecule has 2 nitrogen and oxygen atoms in total. The van der Waals surface area contributed by atoms with Gasteiger partial charge in [-0.25, -0.2) is 0 Å². The summed E-state index contributed by atoms with van der Waals surface area (Å²) in [6.07, 6.45) is 6.64. The van der Waals surface area contributed by atoms with E-state index in [0.717, 1.165) is 22.8 Å². The standard InChI is InChI=1S/C50H35NO/c1-3-13-36(14-4-1)47-33-48-46-21-11-20-43(49(46)52-50(48)45-19-10-9-18-44(45)47)37-26-30-42(31-27-37)51(40-16-5-2-6-17-40)41-28-24-35(25-29-41)39-23-22-34-12-7-8-15-38(34)32-39/h1-33,46,49H. The number of fused-ring (bicyclic) bond motifs is 6. The summed E-state index contributed by atoms with van der Waals surface area (Å²) in [7, 11) is 0. The van der Waals surface area contributed by atoms with Crippen molar-refractivity contribution in [1.82, 2.24) is 0 Å². The fourth-order valence-electron chi connectivity index (χ4n) is 8.06. The Balaban J connectivity index is 0.977. The molecule has 0 bridgehead atoms. The summed E-state index contributed by atoms with van der Waals surface area (Å²) < 4.78 is 6.94. The van der Waals surface area contributed by atoms with Crippen molar-refractivity contribution in [3.8, 4) is 28.0 Å². The molecular formula is C50H35NO.